The normalized spacial score (nSPS) is 10.5. The number of hydrogen-bond acceptors (Lipinski definition) is 3. The minimum Gasteiger partial charge on any atom is -0.346 e. The summed E-state index contributed by atoms with van der Waals surface area (Å²) in [6, 6.07) is 25.2. The molecule has 5 heteroatoms. The molecule has 0 spiro atoms. The summed E-state index contributed by atoms with van der Waals surface area (Å²) in [7, 11) is 0. The summed E-state index contributed by atoms with van der Waals surface area (Å²) in [5.74, 6) is -0.179. The number of pyridine rings is 1. The predicted molar refractivity (Wildman–Crippen MR) is 104 cm³/mol. The molecular formula is C22H18N4O. The summed E-state index contributed by atoms with van der Waals surface area (Å²) >= 11 is 0. The third-order valence-corrected chi connectivity index (χ3v) is 4.22. The number of nitrogens with one attached hydrogen (secondary N) is 1. The lowest BCUT2D eigenvalue weighted by atomic mass is 10.1. The van der Waals surface area contributed by atoms with Crippen molar-refractivity contribution in [3.63, 3.8) is 0 Å². The van der Waals surface area contributed by atoms with E-state index in [1.54, 1.807) is 17.1 Å². The highest BCUT2D eigenvalue weighted by Gasteiger charge is 2.19. The monoisotopic (exact) mass is 354 g/mol. The Morgan fingerprint density at radius 1 is 0.889 bits per heavy atom. The van der Waals surface area contributed by atoms with Crippen molar-refractivity contribution in [3.05, 3.63) is 103 Å². The van der Waals surface area contributed by atoms with Crippen molar-refractivity contribution in [1.29, 1.82) is 0 Å². The van der Waals surface area contributed by atoms with Crippen LogP contribution in [0.2, 0.25) is 0 Å². The van der Waals surface area contributed by atoms with Crippen molar-refractivity contribution < 1.29 is 4.79 Å². The number of hydrogen-bond donors (Lipinski definition) is 1. The van der Waals surface area contributed by atoms with Crippen molar-refractivity contribution in [3.8, 4) is 16.9 Å². The smallest absolute Gasteiger partial charge is 0.255 e. The van der Waals surface area contributed by atoms with Gasteiger partial charge in [-0.2, -0.15) is 5.10 Å². The maximum Gasteiger partial charge on any atom is 0.255 e. The summed E-state index contributed by atoms with van der Waals surface area (Å²) in [6.07, 6.45) is 3.33. The van der Waals surface area contributed by atoms with Crippen LogP contribution in [0.5, 0.6) is 0 Å². The lowest BCUT2D eigenvalue weighted by molar-refractivity contribution is 0.0951. The third kappa shape index (κ3) is 3.62. The van der Waals surface area contributed by atoms with Crippen LogP contribution < -0.4 is 5.32 Å². The van der Waals surface area contributed by atoms with E-state index < -0.39 is 0 Å². The number of carbonyl (C=O) groups is 1. The first-order chi connectivity index (χ1) is 13.3. The van der Waals surface area contributed by atoms with E-state index in [-0.39, 0.29) is 5.91 Å². The zero-order chi connectivity index (χ0) is 18.5. The quantitative estimate of drug-likeness (QED) is 0.592. The van der Waals surface area contributed by atoms with Crippen LogP contribution in [0.1, 0.15) is 16.1 Å². The minimum atomic E-state index is -0.179. The topological polar surface area (TPSA) is 59.8 Å². The molecule has 2 aromatic carbocycles. The Hall–Kier alpha value is -3.73. The molecule has 4 aromatic rings. The maximum absolute atomic E-state index is 12.9. The SMILES string of the molecule is O=C(NCc1ccccn1)c1cnn(-c2ccccc2)c1-c1ccccc1. The molecule has 0 aliphatic carbocycles. The second-order valence-electron chi connectivity index (χ2n) is 6.02. The molecule has 5 nitrogen and oxygen atoms in total. The zero-order valence-electron chi connectivity index (χ0n) is 14.6. The molecule has 0 saturated carbocycles. The fourth-order valence-corrected chi connectivity index (χ4v) is 2.92. The van der Waals surface area contributed by atoms with Crippen molar-refractivity contribution >= 4 is 5.91 Å². The molecule has 1 amide bonds. The second kappa shape index (κ2) is 7.66. The first-order valence-electron chi connectivity index (χ1n) is 8.70. The van der Waals surface area contributed by atoms with Crippen molar-refractivity contribution in [2.24, 2.45) is 0 Å². The number of aromatic nitrogens is 3. The molecule has 0 fully saturated rings. The molecule has 0 aliphatic heterocycles. The Morgan fingerprint density at radius 2 is 1.59 bits per heavy atom. The summed E-state index contributed by atoms with van der Waals surface area (Å²) in [5.41, 5.74) is 3.94. The Kier molecular flexibility index (Phi) is 4.74. The van der Waals surface area contributed by atoms with Gasteiger partial charge in [-0.3, -0.25) is 9.78 Å². The fourth-order valence-electron chi connectivity index (χ4n) is 2.92. The van der Waals surface area contributed by atoms with Gasteiger partial charge in [0, 0.05) is 11.8 Å². The Labute approximate surface area is 157 Å². The van der Waals surface area contributed by atoms with Gasteiger partial charge in [0.2, 0.25) is 0 Å². The average Bonchev–Trinajstić information content (AvgIpc) is 3.19. The van der Waals surface area contributed by atoms with E-state index in [0.717, 1.165) is 22.6 Å². The molecule has 1 N–H and O–H groups in total. The average molecular weight is 354 g/mol. The molecule has 0 saturated heterocycles. The van der Waals surface area contributed by atoms with Gasteiger partial charge in [-0.1, -0.05) is 54.6 Å². The molecule has 0 aliphatic rings. The second-order valence-corrected chi connectivity index (χ2v) is 6.02. The van der Waals surface area contributed by atoms with Crippen molar-refractivity contribution in [2.75, 3.05) is 0 Å². The van der Waals surface area contributed by atoms with Crippen LogP contribution in [-0.4, -0.2) is 20.7 Å². The largest absolute Gasteiger partial charge is 0.346 e. The fraction of sp³-hybridized carbons (Fsp3) is 0.0455. The van der Waals surface area contributed by atoms with Crippen LogP contribution in [0.15, 0.2) is 91.3 Å². The first-order valence-corrected chi connectivity index (χ1v) is 8.70. The lowest BCUT2D eigenvalue weighted by Crippen LogP contribution is -2.23. The van der Waals surface area contributed by atoms with E-state index in [9.17, 15) is 4.79 Å². The van der Waals surface area contributed by atoms with Gasteiger partial charge >= 0.3 is 0 Å². The van der Waals surface area contributed by atoms with Crippen molar-refractivity contribution in [1.82, 2.24) is 20.1 Å². The molecule has 2 heterocycles. The molecule has 0 bridgehead atoms. The molecule has 27 heavy (non-hydrogen) atoms. The number of amides is 1. The minimum absolute atomic E-state index is 0.179. The van der Waals surface area contributed by atoms with Crippen LogP contribution >= 0.6 is 0 Å². The Bertz CT molecular complexity index is 1030. The Morgan fingerprint density at radius 3 is 2.30 bits per heavy atom. The highest BCUT2D eigenvalue weighted by Crippen LogP contribution is 2.26. The van der Waals surface area contributed by atoms with Gasteiger partial charge in [0.15, 0.2) is 0 Å². The molecule has 0 atom stereocenters. The van der Waals surface area contributed by atoms with Crippen LogP contribution in [0.25, 0.3) is 16.9 Å². The first kappa shape index (κ1) is 16.7. The third-order valence-electron chi connectivity index (χ3n) is 4.22. The summed E-state index contributed by atoms with van der Waals surface area (Å²) in [6.45, 7) is 0.365. The highest BCUT2D eigenvalue weighted by molar-refractivity contribution is 6.00. The van der Waals surface area contributed by atoms with Crippen LogP contribution in [0.4, 0.5) is 0 Å². The number of carbonyl (C=O) groups excluding carboxylic acids is 1. The van der Waals surface area contributed by atoms with E-state index in [0.29, 0.717) is 12.1 Å². The van der Waals surface area contributed by atoms with Crippen molar-refractivity contribution in [2.45, 2.75) is 6.54 Å². The number of rotatable bonds is 5. The van der Waals surface area contributed by atoms with Gasteiger partial charge in [0.1, 0.15) is 0 Å². The van der Waals surface area contributed by atoms with Crippen LogP contribution in [-0.2, 0) is 6.54 Å². The van der Waals surface area contributed by atoms with E-state index in [4.69, 9.17) is 0 Å². The van der Waals surface area contributed by atoms with Gasteiger partial charge in [0.05, 0.1) is 35.4 Å². The van der Waals surface area contributed by atoms with E-state index >= 15 is 0 Å². The maximum atomic E-state index is 12.9. The summed E-state index contributed by atoms with van der Waals surface area (Å²) < 4.78 is 1.80. The highest BCUT2D eigenvalue weighted by atomic mass is 16.1. The van der Waals surface area contributed by atoms with Gasteiger partial charge in [-0.05, 0) is 24.3 Å². The summed E-state index contributed by atoms with van der Waals surface area (Å²) in [5, 5.41) is 7.41. The van der Waals surface area contributed by atoms with E-state index in [2.05, 4.69) is 15.4 Å². The molecule has 4 rings (SSSR count). The Balaban J connectivity index is 1.70. The number of nitrogens with zero attached hydrogens (tertiary/aromatic N) is 3. The number of benzene rings is 2. The van der Waals surface area contributed by atoms with E-state index in [1.807, 2.05) is 78.9 Å². The molecule has 132 valence electrons. The summed E-state index contributed by atoms with van der Waals surface area (Å²) in [4.78, 5) is 17.1. The lowest BCUT2D eigenvalue weighted by Gasteiger charge is -2.10. The molecule has 2 aromatic heterocycles. The number of para-hydroxylation sites is 1. The molecule has 0 radical (unpaired) electrons. The standard InChI is InChI=1S/C22H18N4O/c27-22(24-15-18-11-7-8-14-23-18)20-16-25-26(19-12-5-2-6-13-19)21(20)17-9-3-1-4-10-17/h1-14,16H,15H2,(H,24,27). The van der Waals surface area contributed by atoms with Gasteiger partial charge in [-0.15, -0.1) is 0 Å². The van der Waals surface area contributed by atoms with Crippen LogP contribution in [0, 0.1) is 0 Å². The van der Waals surface area contributed by atoms with Gasteiger partial charge in [0.25, 0.3) is 5.91 Å². The van der Waals surface area contributed by atoms with E-state index in [1.165, 1.54) is 0 Å². The zero-order valence-corrected chi connectivity index (χ0v) is 14.6. The molecular weight excluding hydrogens is 336 g/mol. The van der Waals surface area contributed by atoms with Gasteiger partial charge in [-0.25, -0.2) is 4.68 Å². The predicted octanol–water partition coefficient (Wildman–Crippen LogP) is 3.86. The molecule has 0 unspecified atom stereocenters. The van der Waals surface area contributed by atoms with Gasteiger partial charge < -0.3 is 5.32 Å². The van der Waals surface area contributed by atoms with Crippen LogP contribution in [0.3, 0.4) is 0 Å².